The first-order valence-corrected chi connectivity index (χ1v) is 8.54. The third-order valence-corrected chi connectivity index (χ3v) is 4.05. The minimum atomic E-state index is -0.435. The Morgan fingerprint density at radius 3 is 2.43 bits per heavy atom. The molecule has 0 heterocycles. The number of hydrogen-bond donors (Lipinski definition) is 2. The second kappa shape index (κ2) is 8.62. The van der Waals surface area contributed by atoms with Crippen molar-refractivity contribution in [1.29, 1.82) is 0 Å². The van der Waals surface area contributed by atoms with Crippen LogP contribution in [0.2, 0.25) is 0 Å². The third kappa shape index (κ3) is 7.70. The second-order valence-electron chi connectivity index (χ2n) is 7.39. The predicted octanol–water partition coefficient (Wildman–Crippen LogP) is 3.85. The number of hydrogen-bond acceptors (Lipinski definition) is 3. The molecule has 0 aromatic rings. The highest BCUT2D eigenvalue weighted by Gasteiger charge is 2.27. The van der Waals surface area contributed by atoms with Gasteiger partial charge in [-0.05, 0) is 52.9 Å². The van der Waals surface area contributed by atoms with E-state index in [2.05, 4.69) is 24.5 Å². The molecule has 0 saturated heterocycles. The third-order valence-electron chi connectivity index (χ3n) is 4.05. The van der Waals surface area contributed by atoms with Gasteiger partial charge in [-0.15, -0.1) is 0 Å². The summed E-state index contributed by atoms with van der Waals surface area (Å²) in [6, 6.07) is 0.864. The fraction of sp³-hybridized carbons (Fsp3) is 0.941. The lowest BCUT2D eigenvalue weighted by molar-refractivity contribution is 0.0517. The molecule has 0 aromatic heterocycles. The molecule has 1 aliphatic carbocycles. The number of amides is 1. The molecule has 0 aliphatic heterocycles. The van der Waals surface area contributed by atoms with E-state index in [1.807, 2.05) is 20.8 Å². The summed E-state index contributed by atoms with van der Waals surface area (Å²) in [4.78, 5) is 11.8. The average molecular weight is 298 g/mol. The van der Waals surface area contributed by atoms with Crippen LogP contribution in [0.15, 0.2) is 0 Å². The van der Waals surface area contributed by atoms with Gasteiger partial charge in [0.05, 0.1) is 0 Å². The zero-order valence-corrected chi connectivity index (χ0v) is 14.5. The first-order valence-electron chi connectivity index (χ1n) is 8.54. The smallest absolute Gasteiger partial charge is 0.407 e. The summed E-state index contributed by atoms with van der Waals surface area (Å²) in [7, 11) is 0. The Bertz CT molecular complexity index is 306. The average Bonchev–Trinajstić information content (AvgIpc) is 2.86. The Morgan fingerprint density at radius 2 is 1.90 bits per heavy atom. The van der Waals surface area contributed by atoms with Gasteiger partial charge in [-0.3, -0.25) is 0 Å². The monoisotopic (exact) mass is 298 g/mol. The number of ether oxygens (including phenoxy) is 1. The minimum Gasteiger partial charge on any atom is -0.444 e. The van der Waals surface area contributed by atoms with Crippen LogP contribution >= 0.6 is 0 Å². The first-order chi connectivity index (χ1) is 9.81. The molecule has 0 aromatic carbocycles. The molecule has 1 saturated carbocycles. The van der Waals surface area contributed by atoms with Crippen LogP contribution in [0.4, 0.5) is 4.79 Å². The molecule has 1 rings (SSSR count). The Morgan fingerprint density at radius 1 is 1.29 bits per heavy atom. The molecule has 0 bridgehead atoms. The van der Waals surface area contributed by atoms with Crippen molar-refractivity contribution in [1.82, 2.24) is 10.6 Å². The molecule has 4 nitrogen and oxygen atoms in total. The molecule has 0 radical (unpaired) electrons. The van der Waals surface area contributed by atoms with Crippen LogP contribution in [-0.2, 0) is 4.74 Å². The van der Waals surface area contributed by atoms with Gasteiger partial charge in [0, 0.05) is 18.6 Å². The van der Waals surface area contributed by atoms with E-state index in [4.69, 9.17) is 4.74 Å². The van der Waals surface area contributed by atoms with Crippen LogP contribution < -0.4 is 10.6 Å². The van der Waals surface area contributed by atoms with Crippen LogP contribution in [0.25, 0.3) is 0 Å². The van der Waals surface area contributed by atoms with Crippen molar-refractivity contribution in [3.63, 3.8) is 0 Å². The summed E-state index contributed by atoms with van der Waals surface area (Å²) in [5.41, 5.74) is -0.435. The lowest BCUT2D eigenvalue weighted by Crippen LogP contribution is -2.49. The summed E-state index contributed by atoms with van der Waals surface area (Å²) in [5.74, 6) is 0.680. The van der Waals surface area contributed by atoms with E-state index in [-0.39, 0.29) is 6.09 Å². The van der Waals surface area contributed by atoms with Crippen LogP contribution in [-0.4, -0.2) is 30.3 Å². The first kappa shape index (κ1) is 18.3. The molecule has 2 atom stereocenters. The Balaban J connectivity index is 2.46. The lowest BCUT2D eigenvalue weighted by atomic mass is 9.96. The van der Waals surface area contributed by atoms with Crippen LogP contribution in [0.3, 0.4) is 0 Å². The normalized spacial score (nSPS) is 19.3. The van der Waals surface area contributed by atoms with E-state index in [1.54, 1.807) is 0 Å². The number of rotatable bonds is 7. The molecule has 2 N–H and O–H groups in total. The maximum atomic E-state index is 11.8. The van der Waals surface area contributed by atoms with Crippen molar-refractivity contribution in [2.75, 3.05) is 6.54 Å². The van der Waals surface area contributed by atoms with Gasteiger partial charge < -0.3 is 15.4 Å². The van der Waals surface area contributed by atoms with Gasteiger partial charge in [0.15, 0.2) is 0 Å². The van der Waals surface area contributed by atoms with Gasteiger partial charge in [0.1, 0.15) is 5.60 Å². The van der Waals surface area contributed by atoms with E-state index in [1.165, 1.54) is 38.5 Å². The summed E-state index contributed by atoms with van der Waals surface area (Å²) in [6.07, 6.45) is 7.23. The van der Waals surface area contributed by atoms with Crippen LogP contribution in [0.5, 0.6) is 0 Å². The largest absolute Gasteiger partial charge is 0.444 e. The van der Waals surface area contributed by atoms with E-state index in [0.29, 0.717) is 24.5 Å². The van der Waals surface area contributed by atoms with E-state index >= 15 is 0 Å². The number of nitrogens with one attached hydrogen (secondary N) is 2. The SMILES string of the molecule is CCCC(C)NC(CNC(=O)OC(C)(C)C)C1CCCC1. The maximum absolute atomic E-state index is 11.8. The van der Waals surface area contributed by atoms with Crippen molar-refractivity contribution >= 4 is 6.09 Å². The minimum absolute atomic E-state index is 0.310. The van der Waals surface area contributed by atoms with Crippen LogP contribution in [0.1, 0.15) is 73.1 Å². The van der Waals surface area contributed by atoms with Gasteiger partial charge in [-0.1, -0.05) is 26.2 Å². The highest BCUT2D eigenvalue weighted by molar-refractivity contribution is 5.67. The fourth-order valence-electron chi connectivity index (χ4n) is 3.11. The predicted molar refractivity (Wildman–Crippen MR) is 87.5 cm³/mol. The zero-order chi connectivity index (χ0) is 15.9. The van der Waals surface area contributed by atoms with Crippen LogP contribution in [0, 0.1) is 5.92 Å². The second-order valence-corrected chi connectivity index (χ2v) is 7.39. The number of carbonyl (C=O) groups is 1. The molecular formula is C17H34N2O2. The molecule has 21 heavy (non-hydrogen) atoms. The lowest BCUT2D eigenvalue weighted by Gasteiger charge is -2.29. The molecule has 1 aliphatic rings. The Hall–Kier alpha value is -0.770. The molecule has 1 fully saturated rings. The zero-order valence-electron chi connectivity index (χ0n) is 14.5. The summed E-state index contributed by atoms with van der Waals surface area (Å²) in [5, 5.41) is 6.65. The summed E-state index contributed by atoms with van der Waals surface area (Å²) < 4.78 is 5.33. The van der Waals surface area contributed by atoms with Gasteiger partial charge in [0.2, 0.25) is 0 Å². The summed E-state index contributed by atoms with van der Waals surface area (Å²) in [6.45, 7) is 10.8. The topological polar surface area (TPSA) is 50.4 Å². The standard InChI is InChI=1S/C17H34N2O2/c1-6-9-13(2)19-15(14-10-7-8-11-14)12-18-16(20)21-17(3,4)5/h13-15,19H,6-12H2,1-5H3,(H,18,20). The molecule has 4 heteroatoms. The van der Waals surface area contributed by atoms with Gasteiger partial charge in [-0.25, -0.2) is 4.79 Å². The number of carbonyl (C=O) groups excluding carboxylic acids is 1. The molecule has 124 valence electrons. The Labute approximate surface area is 130 Å². The fourth-order valence-corrected chi connectivity index (χ4v) is 3.11. The number of alkyl carbamates (subject to hydrolysis) is 1. The van der Waals surface area contributed by atoms with Gasteiger partial charge in [-0.2, -0.15) is 0 Å². The maximum Gasteiger partial charge on any atom is 0.407 e. The van der Waals surface area contributed by atoms with E-state index in [0.717, 1.165) is 0 Å². The molecule has 0 spiro atoms. The highest BCUT2D eigenvalue weighted by atomic mass is 16.6. The van der Waals surface area contributed by atoms with E-state index in [9.17, 15) is 4.79 Å². The van der Waals surface area contributed by atoms with Crippen molar-refractivity contribution < 1.29 is 9.53 Å². The Kier molecular flexibility index (Phi) is 7.50. The van der Waals surface area contributed by atoms with Crippen molar-refractivity contribution in [2.24, 2.45) is 5.92 Å². The highest BCUT2D eigenvalue weighted by Crippen LogP contribution is 2.28. The van der Waals surface area contributed by atoms with Crippen molar-refractivity contribution in [2.45, 2.75) is 90.8 Å². The molecular weight excluding hydrogens is 264 g/mol. The van der Waals surface area contributed by atoms with Crippen molar-refractivity contribution in [3.05, 3.63) is 0 Å². The van der Waals surface area contributed by atoms with Crippen molar-refractivity contribution in [3.8, 4) is 0 Å². The van der Waals surface area contributed by atoms with Gasteiger partial charge >= 0.3 is 6.09 Å². The van der Waals surface area contributed by atoms with Gasteiger partial charge in [0.25, 0.3) is 0 Å². The quantitative estimate of drug-likeness (QED) is 0.750. The van der Waals surface area contributed by atoms with E-state index < -0.39 is 5.60 Å². The summed E-state index contributed by atoms with van der Waals surface area (Å²) >= 11 is 0. The molecule has 1 amide bonds. The molecule has 2 unspecified atom stereocenters.